The molecule has 0 aliphatic heterocycles. The molecule has 8 heteroatoms. The summed E-state index contributed by atoms with van der Waals surface area (Å²) in [6.45, 7) is 1.60. The van der Waals surface area contributed by atoms with Crippen LogP contribution in [-0.4, -0.2) is 28.5 Å². The van der Waals surface area contributed by atoms with Crippen molar-refractivity contribution in [2.24, 2.45) is 0 Å². The monoisotopic (exact) mass is 373 g/mol. The number of benzene rings is 2. The molecule has 2 aromatic carbocycles. The van der Waals surface area contributed by atoms with E-state index in [1.165, 1.54) is 24.3 Å². The van der Waals surface area contributed by atoms with Crippen molar-refractivity contribution < 1.29 is 18.7 Å². The van der Waals surface area contributed by atoms with Gasteiger partial charge in [0.1, 0.15) is 17.3 Å². The van der Waals surface area contributed by atoms with Gasteiger partial charge in [0.25, 0.3) is 5.91 Å². The third kappa shape index (κ3) is 4.34. The maximum atomic E-state index is 12.9. The minimum atomic E-state index is -0.770. The van der Waals surface area contributed by atoms with Crippen LogP contribution in [0.2, 0.25) is 0 Å². The van der Waals surface area contributed by atoms with E-state index in [2.05, 4.69) is 14.7 Å². The summed E-state index contributed by atoms with van der Waals surface area (Å²) < 4.78 is 27.7. The van der Waals surface area contributed by atoms with Crippen molar-refractivity contribution in [2.45, 2.75) is 13.0 Å². The van der Waals surface area contributed by atoms with E-state index in [4.69, 9.17) is 9.47 Å². The summed E-state index contributed by atoms with van der Waals surface area (Å²) in [5, 5.41) is 3.04. The zero-order valence-corrected chi connectivity index (χ0v) is 14.9. The molecule has 0 radical (unpaired) electrons. The molecule has 134 valence electrons. The van der Waals surface area contributed by atoms with Gasteiger partial charge in [-0.15, -0.1) is 0 Å². The lowest BCUT2D eigenvalue weighted by atomic mass is 10.2. The Morgan fingerprint density at radius 2 is 1.77 bits per heavy atom. The van der Waals surface area contributed by atoms with Gasteiger partial charge in [0.15, 0.2) is 11.9 Å². The average Bonchev–Trinajstić information content (AvgIpc) is 3.12. The predicted octanol–water partition coefficient (Wildman–Crippen LogP) is 3.76. The quantitative estimate of drug-likeness (QED) is 0.712. The number of halogens is 1. The fraction of sp³-hybridized carbons (Fsp3) is 0.167. The average molecular weight is 373 g/mol. The zero-order chi connectivity index (χ0) is 18.5. The Kier molecular flexibility index (Phi) is 5.43. The second-order valence-electron chi connectivity index (χ2n) is 5.35. The molecule has 0 saturated carbocycles. The molecule has 0 aliphatic rings. The molecule has 3 rings (SSSR count). The molecule has 0 fully saturated rings. The highest BCUT2D eigenvalue weighted by Crippen LogP contribution is 2.23. The predicted molar refractivity (Wildman–Crippen MR) is 97.0 cm³/mol. The molecule has 1 aromatic heterocycles. The molecular formula is C18H16FN3O3S. The van der Waals surface area contributed by atoms with Crippen molar-refractivity contribution >= 4 is 22.6 Å². The van der Waals surface area contributed by atoms with Gasteiger partial charge in [0.05, 0.1) is 7.11 Å². The number of nitrogens with zero attached hydrogens (tertiary/aromatic N) is 2. The van der Waals surface area contributed by atoms with Crippen LogP contribution in [0.4, 0.5) is 9.52 Å². The third-order valence-corrected chi connectivity index (χ3v) is 4.13. The van der Waals surface area contributed by atoms with Gasteiger partial charge in [0, 0.05) is 17.1 Å². The van der Waals surface area contributed by atoms with E-state index in [0.717, 1.165) is 22.8 Å². The normalized spacial score (nSPS) is 11.7. The van der Waals surface area contributed by atoms with Crippen molar-refractivity contribution in [3.05, 3.63) is 54.3 Å². The second kappa shape index (κ2) is 7.92. The topological polar surface area (TPSA) is 73.3 Å². The van der Waals surface area contributed by atoms with Crippen LogP contribution >= 0.6 is 11.5 Å². The third-order valence-electron chi connectivity index (χ3n) is 3.50. The van der Waals surface area contributed by atoms with Crippen molar-refractivity contribution in [1.82, 2.24) is 9.36 Å². The van der Waals surface area contributed by atoms with Gasteiger partial charge >= 0.3 is 0 Å². The number of aromatic nitrogens is 2. The number of methoxy groups -OCH3 is 1. The van der Waals surface area contributed by atoms with Gasteiger partial charge in [-0.1, -0.05) is 0 Å². The molecule has 1 amide bonds. The number of carbonyl (C=O) groups is 1. The van der Waals surface area contributed by atoms with E-state index in [9.17, 15) is 9.18 Å². The Balaban J connectivity index is 1.62. The number of nitrogens with one attached hydrogen (secondary N) is 1. The number of hydrogen-bond donors (Lipinski definition) is 1. The lowest BCUT2D eigenvalue weighted by Crippen LogP contribution is -2.30. The molecule has 1 N–H and O–H groups in total. The molecule has 0 aliphatic carbocycles. The fourth-order valence-corrected chi connectivity index (χ4v) is 2.70. The van der Waals surface area contributed by atoms with E-state index in [-0.39, 0.29) is 11.7 Å². The Hall–Kier alpha value is -3.00. The summed E-state index contributed by atoms with van der Waals surface area (Å²) in [7, 11) is 1.60. The molecule has 1 atom stereocenters. The number of hydrogen-bond acceptors (Lipinski definition) is 6. The highest BCUT2D eigenvalue weighted by molar-refractivity contribution is 7.10. The summed E-state index contributed by atoms with van der Waals surface area (Å²) in [6.07, 6.45) is -0.770. The zero-order valence-electron chi connectivity index (χ0n) is 14.1. The number of carbonyl (C=O) groups excluding carboxylic acids is 1. The first-order valence-corrected chi connectivity index (χ1v) is 8.53. The maximum Gasteiger partial charge on any atom is 0.266 e. The minimum Gasteiger partial charge on any atom is -0.497 e. The van der Waals surface area contributed by atoms with Gasteiger partial charge in [-0.25, -0.2) is 4.39 Å². The van der Waals surface area contributed by atoms with Crippen molar-refractivity contribution in [1.29, 1.82) is 0 Å². The van der Waals surface area contributed by atoms with Crippen LogP contribution in [0.3, 0.4) is 0 Å². The Labute approximate surface area is 153 Å². The largest absolute Gasteiger partial charge is 0.497 e. The smallest absolute Gasteiger partial charge is 0.266 e. The van der Waals surface area contributed by atoms with Gasteiger partial charge in [-0.2, -0.15) is 9.36 Å². The maximum absolute atomic E-state index is 12.9. The summed E-state index contributed by atoms with van der Waals surface area (Å²) >= 11 is 1.08. The first-order chi connectivity index (χ1) is 12.5. The van der Waals surface area contributed by atoms with Crippen molar-refractivity contribution in [3.8, 4) is 22.9 Å². The van der Waals surface area contributed by atoms with Gasteiger partial charge in [-0.3, -0.25) is 10.1 Å². The first kappa shape index (κ1) is 17.8. The SMILES string of the molecule is COc1ccc(-c2nsc(NC(=O)C(C)Oc3ccc(F)cc3)n2)cc1. The molecule has 1 unspecified atom stereocenters. The molecule has 26 heavy (non-hydrogen) atoms. The highest BCUT2D eigenvalue weighted by atomic mass is 32.1. The van der Waals surface area contributed by atoms with Crippen molar-refractivity contribution in [2.75, 3.05) is 12.4 Å². The molecule has 0 bridgehead atoms. The standard InChI is InChI=1S/C18H16FN3O3S/c1-11(25-15-9-5-13(19)6-10-15)17(23)21-18-20-16(22-26-18)12-3-7-14(24-2)8-4-12/h3-11H,1-2H3,(H,20,21,22,23). The van der Waals surface area contributed by atoms with E-state index >= 15 is 0 Å². The Morgan fingerprint density at radius 1 is 1.12 bits per heavy atom. The minimum absolute atomic E-state index is 0.366. The van der Waals surface area contributed by atoms with E-state index in [0.29, 0.717) is 16.7 Å². The molecule has 0 saturated heterocycles. The van der Waals surface area contributed by atoms with Crippen LogP contribution in [0.15, 0.2) is 48.5 Å². The summed E-state index contributed by atoms with van der Waals surface area (Å²) in [5.41, 5.74) is 0.818. The number of rotatable bonds is 6. The van der Waals surface area contributed by atoms with Gasteiger partial charge in [-0.05, 0) is 55.5 Å². The Bertz CT molecular complexity index is 881. The summed E-state index contributed by atoms with van der Waals surface area (Å²) in [4.78, 5) is 16.5. The van der Waals surface area contributed by atoms with Gasteiger partial charge in [0.2, 0.25) is 5.13 Å². The van der Waals surface area contributed by atoms with E-state index in [1.807, 2.05) is 24.3 Å². The number of amides is 1. The number of anilines is 1. The summed E-state index contributed by atoms with van der Waals surface area (Å²) in [5.74, 6) is 0.927. The molecule has 3 aromatic rings. The van der Waals surface area contributed by atoms with Crippen LogP contribution in [-0.2, 0) is 4.79 Å². The van der Waals surface area contributed by atoms with Gasteiger partial charge < -0.3 is 9.47 Å². The molecule has 0 spiro atoms. The van der Waals surface area contributed by atoms with Crippen LogP contribution in [0.1, 0.15) is 6.92 Å². The van der Waals surface area contributed by atoms with Crippen molar-refractivity contribution in [3.63, 3.8) is 0 Å². The van der Waals surface area contributed by atoms with Crippen LogP contribution in [0.25, 0.3) is 11.4 Å². The van der Waals surface area contributed by atoms with Crippen LogP contribution in [0.5, 0.6) is 11.5 Å². The number of ether oxygens (including phenoxy) is 2. The molecule has 1 heterocycles. The highest BCUT2D eigenvalue weighted by Gasteiger charge is 2.17. The lowest BCUT2D eigenvalue weighted by molar-refractivity contribution is -0.122. The van der Waals surface area contributed by atoms with Crippen LogP contribution < -0.4 is 14.8 Å². The Morgan fingerprint density at radius 3 is 2.42 bits per heavy atom. The second-order valence-corrected chi connectivity index (χ2v) is 6.11. The summed E-state index contributed by atoms with van der Waals surface area (Å²) in [6, 6.07) is 12.8. The van der Waals surface area contributed by atoms with E-state index < -0.39 is 6.10 Å². The molecular weight excluding hydrogens is 357 g/mol. The van der Waals surface area contributed by atoms with Crippen LogP contribution in [0, 0.1) is 5.82 Å². The first-order valence-electron chi connectivity index (χ1n) is 7.76. The fourth-order valence-electron chi connectivity index (χ4n) is 2.11. The molecule has 6 nitrogen and oxygen atoms in total. The van der Waals surface area contributed by atoms with E-state index in [1.54, 1.807) is 14.0 Å². The lowest BCUT2D eigenvalue weighted by Gasteiger charge is -2.13.